The standard InChI is InChI=1S/C37H48F2N4O5S/c1-4-8-31(9-5-2)49(47,48)24-33(42-35(45)27-12-16-41-17-13-27)36(46)43(37(14-15-37)28-11-7-10-25(6-3)18-28)23-34(44)32(40)21-26-19-29(38)22-30(39)20-26/h7,10-13,16-20,22,31-34,44H,4-6,8-9,14-15,21,23-24,40H2,1-3H3,(H,42,45)/t32-,33+,34+/m0/s1. The molecule has 1 aromatic heterocycles. The van der Waals surface area contributed by atoms with Gasteiger partial charge in [-0.3, -0.25) is 14.6 Å². The third kappa shape index (κ3) is 9.70. The normalized spacial score (nSPS) is 15.8. The molecule has 0 radical (unpaired) electrons. The first-order chi connectivity index (χ1) is 23.3. The molecule has 49 heavy (non-hydrogen) atoms. The van der Waals surface area contributed by atoms with Crippen LogP contribution < -0.4 is 11.1 Å². The van der Waals surface area contributed by atoms with Gasteiger partial charge in [0.05, 0.1) is 22.6 Å². The summed E-state index contributed by atoms with van der Waals surface area (Å²) >= 11 is 0. The van der Waals surface area contributed by atoms with E-state index in [1.165, 1.54) is 29.4 Å². The summed E-state index contributed by atoms with van der Waals surface area (Å²) in [5.41, 5.74) is 7.80. The summed E-state index contributed by atoms with van der Waals surface area (Å²) in [4.78, 5) is 33.7. The van der Waals surface area contributed by atoms with Gasteiger partial charge in [-0.1, -0.05) is 57.9 Å². The van der Waals surface area contributed by atoms with Crippen LogP contribution in [-0.2, 0) is 33.0 Å². The molecule has 3 aromatic rings. The monoisotopic (exact) mass is 698 g/mol. The Morgan fingerprint density at radius 1 is 0.980 bits per heavy atom. The Labute approximate surface area is 288 Å². The lowest BCUT2D eigenvalue weighted by molar-refractivity contribution is -0.138. The summed E-state index contributed by atoms with van der Waals surface area (Å²) in [5, 5.41) is 13.5. The van der Waals surface area contributed by atoms with Crippen LogP contribution in [0.3, 0.4) is 0 Å². The lowest BCUT2D eigenvalue weighted by atomic mass is 9.96. The molecule has 0 aliphatic heterocycles. The smallest absolute Gasteiger partial charge is 0.252 e. The molecule has 2 aromatic carbocycles. The van der Waals surface area contributed by atoms with Crippen molar-refractivity contribution in [1.29, 1.82) is 0 Å². The van der Waals surface area contributed by atoms with Crippen LogP contribution in [0.4, 0.5) is 8.78 Å². The van der Waals surface area contributed by atoms with Gasteiger partial charge in [0.25, 0.3) is 5.91 Å². The van der Waals surface area contributed by atoms with Crippen molar-refractivity contribution < 1.29 is 31.9 Å². The molecular weight excluding hydrogens is 650 g/mol. The Kier molecular flexibility index (Phi) is 13.0. The first kappa shape index (κ1) is 38.1. The van der Waals surface area contributed by atoms with Crippen molar-refractivity contribution in [3.8, 4) is 0 Å². The van der Waals surface area contributed by atoms with Crippen LogP contribution in [0.2, 0.25) is 0 Å². The fourth-order valence-corrected chi connectivity index (χ4v) is 8.62. The number of aliphatic hydroxyl groups is 1. The van der Waals surface area contributed by atoms with Crippen molar-refractivity contribution in [3.05, 3.63) is 101 Å². The number of carbonyl (C=O) groups excluding carboxylic acids is 2. The maximum absolute atomic E-state index is 14.8. The highest BCUT2D eigenvalue weighted by atomic mass is 32.2. The predicted molar refractivity (Wildman–Crippen MR) is 185 cm³/mol. The third-order valence-electron chi connectivity index (χ3n) is 9.31. The second-order valence-electron chi connectivity index (χ2n) is 13.0. The number of rotatable bonds is 18. The lowest BCUT2D eigenvalue weighted by Crippen LogP contribution is -2.58. The van der Waals surface area contributed by atoms with Gasteiger partial charge < -0.3 is 21.1 Å². The number of aliphatic hydroxyl groups excluding tert-OH is 1. The van der Waals surface area contributed by atoms with E-state index in [0.717, 1.165) is 35.7 Å². The number of aryl methyl sites for hydroxylation is 1. The number of amides is 2. The Hall–Kier alpha value is -3.74. The zero-order chi connectivity index (χ0) is 35.8. The van der Waals surface area contributed by atoms with E-state index < -0.39 is 68.0 Å². The molecule has 0 unspecified atom stereocenters. The molecule has 1 heterocycles. The summed E-state index contributed by atoms with van der Waals surface area (Å²) in [6.07, 6.45) is 5.33. The van der Waals surface area contributed by atoms with Gasteiger partial charge in [-0.05, 0) is 79.5 Å². The number of nitrogens with zero attached hydrogens (tertiary/aromatic N) is 2. The molecule has 2 amide bonds. The minimum atomic E-state index is -3.88. The van der Waals surface area contributed by atoms with Crippen molar-refractivity contribution >= 4 is 21.7 Å². The molecular formula is C37H48F2N4O5S. The summed E-state index contributed by atoms with van der Waals surface area (Å²) in [7, 11) is -3.88. The summed E-state index contributed by atoms with van der Waals surface area (Å²) in [5.74, 6) is -3.49. The van der Waals surface area contributed by atoms with Crippen LogP contribution in [0, 0.1) is 11.6 Å². The second kappa shape index (κ2) is 16.8. The molecule has 1 saturated carbocycles. The number of benzene rings is 2. The molecule has 0 spiro atoms. The first-order valence-corrected chi connectivity index (χ1v) is 18.8. The first-order valence-electron chi connectivity index (χ1n) is 17.1. The third-order valence-corrected chi connectivity index (χ3v) is 11.6. The van der Waals surface area contributed by atoms with Gasteiger partial charge >= 0.3 is 0 Å². The molecule has 1 aliphatic rings. The van der Waals surface area contributed by atoms with Gasteiger partial charge in [0, 0.05) is 36.6 Å². The number of nitrogens with one attached hydrogen (secondary N) is 1. The van der Waals surface area contributed by atoms with Gasteiger partial charge in [-0.15, -0.1) is 0 Å². The van der Waals surface area contributed by atoms with Crippen LogP contribution in [-0.4, -0.2) is 71.0 Å². The minimum Gasteiger partial charge on any atom is -0.390 e. The van der Waals surface area contributed by atoms with E-state index in [0.29, 0.717) is 38.5 Å². The van der Waals surface area contributed by atoms with Gasteiger partial charge in [-0.2, -0.15) is 0 Å². The van der Waals surface area contributed by atoms with Crippen LogP contribution in [0.15, 0.2) is 67.0 Å². The number of nitrogens with two attached hydrogens (primary N) is 1. The van der Waals surface area contributed by atoms with Crippen molar-refractivity contribution in [1.82, 2.24) is 15.2 Å². The topological polar surface area (TPSA) is 143 Å². The van der Waals surface area contributed by atoms with Gasteiger partial charge in [0.15, 0.2) is 9.84 Å². The Morgan fingerprint density at radius 2 is 1.61 bits per heavy atom. The maximum Gasteiger partial charge on any atom is 0.252 e. The molecule has 12 heteroatoms. The van der Waals surface area contributed by atoms with Crippen LogP contribution in [0.5, 0.6) is 0 Å². The van der Waals surface area contributed by atoms with E-state index in [9.17, 15) is 31.9 Å². The van der Waals surface area contributed by atoms with E-state index in [4.69, 9.17) is 5.73 Å². The fraction of sp³-hybridized carbons (Fsp3) is 0.486. The minimum absolute atomic E-state index is 0.0809. The van der Waals surface area contributed by atoms with Gasteiger partial charge in [0.1, 0.15) is 17.7 Å². The molecule has 0 saturated heterocycles. The molecule has 3 atom stereocenters. The average molecular weight is 699 g/mol. The van der Waals surface area contributed by atoms with Crippen molar-refractivity contribution in [2.24, 2.45) is 5.73 Å². The van der Waals surface area contributed by atoms with E-state index in [1.807, 2.05) is 45.0 Å². The largest absolute Gasteiger partial charge is 0.390 e. The lowest BCUT2D eigenvalue weighted by Gasteiger charge is -2.38. The summed E-state index contributed by atoms with van der Waals surface area (Å²) in [6, 6.07) is 11.2. The van der Waals surface area contributed by atoms with Crippen molar-refractivity contribution in [2.45, 2.75) is 101 Å². The molecule has 9 nitrogen and oxygen atoms in total. The number of hydrogen-bond acceptors (Lipinski definition) is 7. The molecule has 4 rings (SSSR count). The zero-order valence-corrected chi connectivity index (χ0v) is 29.3. The molecule has 1 fully saturated rings. The highest BCUT2D eigenvalue weighted by Crippen LogP contribution is 2.51. The molecule has 1 aliphatic carbocycles. The second-order valence-corrected chi connectivity index (χ2v) is 15.4. The highest BCUT2D eigenvalue weighted by molar-refractivity contribution is 7.92. The highest BCUT2D eigenvalue weighted by Gasteiger charge is 2.53. The number of halogens is 2. The van der Waals surface area contributed by atoms with Crippen molar-refractivity contribution in [3.63, 3.8) is 0 Å². The van der Waals surface area contributed by atoms with Crippen LogP contribution in [0.25, 0.3) is 0 Å². The predicted octanol–water partition coefficient (Wildman–Crippen LogP) is 4.85. The Morgan fingerprint density at radius 3 is 2.18 bits per heavy atom. The number of carbonyl (C=O) groups is 2. The number of hydrogen-bond donors (Lipinski definition) is 3. The van der Waals surface area contributed by atoms with E-state index in [1.54, 1.807) is 0 Å². The van der Waals surface area contributed by atoms with Crippen molar-refractivity contribution in [2.75, 3.05) is 12.3 Å². The van der Waals surface area contributed by atoms with Gasteiger partial charge in [-0.25, -0.2) is 17.2 Å². The maximum atomic E-state index is 14.8. The Balaban J connectivity index is 1.74. The Bertz CT molecular complexity index is 1660. The average Bonchev–Trinajstić information content (AvgIpc) is 3.88. The number of pyridine rings is 1. The van der Waals surface area contributed by atoms with Crippen LogP contribution in [0.1, 0.15) is 86.3 Å². The van der Waals surface area contributed by atoms with E-state index in [-0.39, 0.29) is 24.1 Å². The summed E-state index contributed by atoms with van der Waals surface area (Å²) < 4.78 is 55.7. The number of aromatic nitrogens is 1. The molecule has 0 bridgehead atoms. The quantitative estimate of drug-likeness (QED) is 0.172. The van der Waals surface area contributed by atoms with Gasteiger partial charge in [0.2, 0.25) is 5.91 Å². The zero-order valence-electron chi connectivity index (χ0n) is 28.4. The van der Waals surface area contributed by atoms with Crippen LogP contribution >= 0.6 is 0 Å². The number of sulfone groups is 1. The molecule has 266 valence electrons. The molecule has 4 N–H and O–H groups in total. The van der Waals surface area contributed by atoms with E-state index >= 15 is 0 Å². The van der Waals surface area contributed by atoms with E-state index in [2.05, 4.69) is 10.3 Å². The summed E-state index contributed by atoms with van der Waals surface area (Å²) in [6.45, 7) is 5.51. The fourth-order valence-electron chi connectivity index (χ4n) is 6.47. The SMILES string of the molecule is CCCC(CCC)S(=O)(=O)C[C@@H](NC(=O)c1ccncc1)C(=O)N(C[C@@H](O)[C@@H](N)Cc1cc(F)cc(F)c1)C1(c2cccc(CC)c2)CC1.